The summed E-state index contributed by atoms with van der Waals surface area (Å²) in [6.07, 6.45) is 0.851. The molecule has 94 valence electrons. The van der Waals surface area contributed by atoms with E-state index in [0.717, 1.165) is 6.42 Å². The van der Waals surface area contributed by atoms with Gasteiger partial charge >= 0.3 is 0 Å². The van der Waals surface area contributed by atoms with Crippen LogP contribution in [0.1, 0.15) is 19.0 Å². The fourth-order valence-electron chi connectivity index (χ4n) is 1.36. The van der Waals surface area contributed by atoms with Gasteiger partial charge in [0.15, 0.2) is 0 Å². The fraction of sp³-hybridized carbons (Fsp3) is 0.545. The quantitative estimate of drug-likeness (QED) is 0.790. The number of nitrogens with one attached hydrogen (secondary N) is 1. The van der Waals surface area contributed by atoms with Gasteiger partial charge in [0, 0.05) is 18.3 Å². The molecule has 1 amide bonds. The Bertz CT molecular complexity index is 454. The van der Waals surface area contributed by atoms with Crippen LogP contribution < -0.4 is 15.6 Å². The third-order valence-electron chi connectivity index (χ3n) is 2.16. The van der Waals surface area contributed by atoms with E-state index in [9.17, 15) is 9.59 Å². The average Bonchev–Trinajstić information content (AvgIpc) is 2.29. The predicted molar refractivity (Wildman–Crippen MR) is 63.1 cm³/mol. The number of aromatic nitrogens is 2. The molecule has 0 aliphatic carbocycles. The Morgan fingerprint density at radius 1 is 1.59 bits per heavy atom. The summed E-state index contributed by atoms with van der Waals surface area (Å²) in [7, 11) is 1.42. The first kappa shape index (κ1) is 13.2. The molecule has 0 atom stereocenters. The van der Waals surface area contributed by atoms with E-state index in [1.165, 1.54) is 17.7 Å². The van der Waals surface area contributed by atoms with E-state index in [1.54, 1.807) is 6.92 Å². The van der Waals surface area contributed by atoms with E-state index in [0.29, 0.717) is 12.2 Å². The highest BCUT2D eigenvalue weighted by molar-refractivity contribution is 5.75. The number of nitrogens with zero attached hydrogens (tertiary/aromatic N) is 2. The van der Waals surface area contributed by atoms with E-state index in [4.69, 9.17) is 4.74 Å². The lowest BCUT2D eigenvalue weighted by molar-refractivity contribution is -0.121. The molecule has 0 saturated carbocycles. The lowest BCUT2D eigenvalue weighted by Crippen LogP contribution is -2.33. The maximum absolute atomic E-state index is 11.7. The highest BCUT2D eigenvalue weighted by Gasteiger charge is 2.10. The van der Waals surface area contributed by atoms with Crippen molar-refractivity contribution >= 4 is 5.91 Å². The van der Waals surface area contributed by atoms with E-state index < -0.39 is 0 Å². The summed E-state index contributed by atoms with van der Waals surface area (Å²) in [5.41, 5.74) is 0.276. The molecule has 0 bridgehead atoms. The summed E-state index contributed by atoms with van der Waals surface area (Å²) in [6, 6.07) is 1.52. The summed E-state index contributed by atoms with van der Waals surface area (Å²) in [5, 5.41) is 2.69. The van der Waals surface area contributed by atoms with Crippen LogP contribution in [0.25, 0.3) is 0 Å². The van der Waals surface area contributed by atoms with Gasteiger partial charge in [-0.2, -0.15) is 0 Å². The number of methoxy groups -OCH3 is 1. The van der Waals surface area contributed by atoms with Crippen molar-refractivity contribution in [2.45, 2.75) is 26.8 Å². The molecule has 1 N–H and O–H groups in total. The van der Waals surface area contributed by atoms with Gasteiger partial charge in [-0.3, -0.25) is 14.2 Å². The molecule has 1 heterocycles. The number of hydrogen-bond donors (Lipinski definition) is 1. The van der Waals surface area contributed by atoms with Crippen LogP contribution in [0.15, 0.2) is 10.9 Å². The van der Waals surface area contributed by atoms with E-state index in [-0.39, 0.29) is 24.0 Å². The van der Waals surface area contributed by atoms with E-state index in [2.05, 4.69) is 10.3 Å². The molecule has 0 radical (unpaired) electrons. The van der Waals surface area contributed by atoms with Gasteiger partial charge < -0.3 is 10.1 Å². The number of carbonyl (C=O) groups excluding carboxylic acids is 1. The van der Waals surface area contributed by atoms with E-state index >= 15 is 0 Å². The molecule has 0 aromatic carbocycles. The number of carbonyl (C=O) groups is 1. The number of rotatable bonds is 5. The Morgan fingerprint density at radius 2 is 2.29 bits per heavy atom. The first-order valence-corrected chi connectivity index (χ1v) is 5.47. The fourth-order valence-corrected chi connectivity index (χ4v) is 1.36. The van der Waals surface area contributed by atoms with Crippen LogP contribution in [0.2, 0.25) is 0 Å². The van der Waals surface area contributed by atoms with Gasteiger partial charge in [-0.05, 0) is 13.3 Å². The van der Waals surface area contributed by atoms with Gasteiger partial charge in [0.25, 0.3) is 11.6 Å². The summed E-state index contributed by atoms with van der Waals surface area (Å²) in [5.74, 6) is -0.224. The molecule has 6 heteroatoms. The molecule has 0 aliphatic heterocycles. The van der Waals surface area contributed by atoms with E-state index in [1.807, 2.05) is 6.92 Å². The second-order valence-electron chi connectivity index (χ2n) is 3.66. The Balaban J connectivity index is 2.90. The van der Waals surface area contributed by atoms with Gasteiger partial charge in [0.1, 0.15) is 6.54 Å². The zero-order valence-corrected chi connectivity index (χ0v) is 10.3. The van der Waals surface area contributed by atoms with Crippen molar-refractivity contribution in [2.75, 3.05) is 13.7 Å². The molecular formula is C11H17N3O3. The van der Waals surface area contributed by atoms with Crippen LogP contribution in [0, 0.1) is 6.92 Å². The minimum absolute atomic E-state index is 0.0741. The number of aryl methyl sites for hydroxylation is 1. The molecule has 0 saturated heterocycles. The van der Waals surface area contributed by atoms with Crippen molar-refractivity contribution in [3.63, 3.8) is 0 Å². The van der Waals surface area contributed by atoms with Crippen molar-refractivity contribution in [1.82, 2.24) is 14.9 Å². The number of hydrogen-bond acceptors (Lipinski definition) is 4. The third kappa shape index (κ3) is 3.58. The predicted octanol–water partition coefficient (Wildman–Crippen LogP) is 0.0865. The minimum atomic E-state index is -0.291. The molecule has 17 heavy (non-hydrogen) atoms. The second-order valence-corrected chi connectivity index (χ2v) is 3.66. The van der Waals surface area contributed by atoms with Crippen LogP contribution >= 0.6 is 0 Å². The zero-order chi connectivity index (χ0) is 12.8. The molecule has 1 aromatic rings. The lowest BCUT2D eigenvalue weighted by atomic mass is 10.4. The molecule has 6 nitrogen and oxygen atoms in total. The molecule has 0 unspecified atom stereocenters. The Labute approximate surface area is 99.6 Å². The van der Waals surface area contributed by atoms with Crippen molar-refractivity contribution in [3.05, 3.63) is 22.1 Å². The maximum atomic E-state index is 11.7. The highest BCUT2D eigenvalue weighted by atomic mass is 16.5. The topological polar surface area (TPSA) is 73.2 Å². The van der Waals surface area contributed by atoms with Crippen molar-refractivity contribution in [1.29, 1.82) is 0 Å². The van der Waals surface area contributed by atoms with Crippen LogP contribution in [0.4, 0.5) is 0 Å². The van der Waals surface area contributed by atoms with Crippen LogP contribution in [-0.4, -0.2) is 29.1 Å². The first-order chi connectivity index (χ1) is 8.08. The molecular weight excluding hydrogens is 222 g/mol. The minimum Gasteiger partial charge on any atom is -0.468 e. The summed E-state index contributed by atoms with van der Waals surface area (Å²) in [6.45, 7) is 4.18. The molecule has 1 aromatic heterocycles. The van der Waals surface area contributed by atoms with Crippen LogP contribution in [-0.2, 0) is 11.3 Å². The van der Waals surface area contributed by atoms with Crippen molar-refractivity contribution < 1.29 is 9.53 Å². The lowest BCUT2D eigenvalue weighted by Gasteiger charge is -2.10. The Hall–Kier alpha value is -1.85. The third-order valence-corrected chi connectivity index (χ3v) is 2.16. The average molecular weight is 239 g/mol. The molecule has 0 aliphatic rings. The normalized spacial score (nSPS) is 10.1. The van der Waals surface area contributed by atoms with Crippen molar-refractivity contribution in [3.8, 4) is 6.01 Å². The zero-order valence-electron chi connectivity index (χ0n) is 10.3. The SMILES string of the molecule is CCCNC(=O)Cn1c(OC)nc(C)cc1=O. The van der Waals surface area contributed by atoms with Gasteiger partial charge in [0.05, 0.1) is 7.11 Å². The molecule has 1 rings (SSSR count). The van der Waals surface area contributed by atoms with Gasteiger partial charge in [-0.25, -0.2) is 4.98 Å². The van der Waals surface area contributed by atoms with Gasteiger partial charge in [0.2, 0.25) is 5.91 Å². The number of ether oxygens (including phenoxy) is 1. The van der Waals surface area contributed by atoms with Gasteiger partial charge in [-0.1, -0.05) is 6.92 Å². The van der Waals surface area contributed by atoms with Gasteiger partial charge in [-0.15, -0.1) is 0 Å². The molecule has 0 fully saturated rings. The summed E-state index contributed by atoms with van der Waals surface area (Å²) < 4.78 is 6.19. The largest absolute Gasteiger partial charge is 0.468 e. The summed E-state index contributed by atoms with van der Waals surface area (Å²) in [4.78, 5) is 27.3. The monoisotopic (exact) mass is 239 g/mol. The van der Waals surface area contributed by atoms with Crippen LogP contribution in [0.3, 0.4) is 0 Å². The number of amides is 1. The maximum Gasteiger partial charge on any atom is 0.299 e. The highest BCUT2D eigenvalue weighted by Crippen LogP contribution is 2.03. The molecule has 0 spiro atoms. The van der Waals surface area contributed by atoms with Crippen LogP contribution in [0.5, 0.6) is 6.01 Å². The van der Waals surface area contributed by atoms with Crippen molar-refractivity contribution in [2.24, 2.45) is 0 Å². The Kier molecular flexibility index (Phi) is 4.68. The first-order valence-electron chi connectivity index (χ1n) is 5.47. The second kappa shape index (κ2) is 6.03. The Morgan fingerprint density at radius 3 is 2.88 bits per heavy atom. The smallest absolute Gasteiger partial charge is 0.299 e. The standard InChI is InChI=1S/C11H17N3O3/c1-4-5-12-9(15)7-14-10(16)6-8(2)13-11(14)17-3/h6H,4-5,7H2,1-3H3,(H,12,15). The summed E-state index contributed by atoms with van der Waals surface area (Å²) >= 11 is 0.